The third kappa shape index (κ3) is 3.53. The van der Waals surface area contributed by atoms with Crippen molar-refractivity contribution in [3.63, 3.8) is 0 Å². The molecule has 0 aliphatic rings. The van der Waals surface area contributed by atoms with Gasteiger partial charge in [0.05, 0.1) is 4.90 Å². The number of rotatable bonds is 5. The topological polar surface area (TPSA) is 79.6 Å². The molecule has 0 aliphatic heterocycles. The summed E-state index contributed by atoms with van der Waals surface area (Å²) in [5.41, 5.74) is 0.963. The maximum absolute atomic E-state index is 13.9. The van der Waals surface area contributed by atoms with Crippen molar-refractivity contribution < 1.29 is 22.0 Å². The lowest BCUT2D eigenvalue weighted by atomic mass is 10.1. The van der Waals surface area contributed by atoms with E-state index in [1.54, 1.807) is 32.9 Å². The molecule has 1 heterocycles. The molecule has 0 saturated carbocycles. The van der Waals surface area contributed by atoms with Crippen LogP contribution >= 0.6 is 0 Å². The molecule has 0 atom stereocenters. The Balaban J connectivity index is 1.84. The van der Waals surface area contributed by atoms with Crippen LogP contribution in [-0.2, 0) is 10.0 Å². The summed E-state index contributed by atoms with van der Waals surface area (Å²) in [6.45, 7) is 5.24. The number of carbonyl (C=O) groups is 1. The number of para-hydroxylation sites is 1. The zero-order valence-corrected chi connectivity index (χ0v) is 16.8. The van der Waals surface area contributed by atoms with Gasteiger partial charge in [0.15, 0.2) is 17.2 Å². The third-order valence-electron chi connectivity index (χ3n) is 4.64. The lowest BCUT2D eigenvalue weighted by Crippen LogP contribution is -2.33. The number of halogens is 1. The molecule has 0 fully saturated rings. The van der Waals surface area contributed by atoms with E-state index in [0.29, 0.717) is 16.6 Å². The van der Waals surface area contributed by atoms with Crippen LogP contribution in [0.2, 0.25) is 0 Å². The number of carbonyl (C=O) groups excluding carboxylic acids is 1. The van der Waals surface area contributed by atoms with E-state index in [1.807, 2.05) is 0 Å². The van der Waals surface area contributed by atoms with E-state index in [9.17, 15) is 17.6 Å². The molecule has 1 amide bonds. The lowest BCUT2D eigenvalue weighted by molar-refractivity contribution is 0.0997. The standard InChI is InChI=1S/C20H21FN2O4S/c1-12(2)23(4)28(25,26)15-10-8-14(9-11-15)22-20(24)18-13(3)16-6-5-7-17(21)19(16)27-18/h5-12H,1-4H3,(H,22,24). The van der Waals surface area contributed by atoms with Gasteiger partial charge in [0, 0.05) is 29.7 Å². The van der Waals surface area contributed by atoms with E-state index < -0.39 is 21.7 Å². The van der Waals surface area contributed by atoms with Crippen LogP contribution in [0, 0.1) is 12.7 Å². The number of fused-ring (bicyclic) bond motifs is 1. The maximum atomic E-state index is 13.9. The number of hydrogen-bond donors (Lipinski definition) is 1. The molecule has 6 nitrogen and oxygen atoms in total. The maximum Gasteiger partial charge on any atom is 0.291 e. The van der Waals surface area contributed by atoms with Crippen LogP contribution in [0.5, 0.6) is 0 Å². The van der Waals surface area contributed by atoms with Crippen molar-refractivity contribution in [2.45, 2.75) is 31.7 Å². The summed E-state index contributed by atoms with van der Waals surface area (Å²) in [6, 6.07) is 10.2. The van der Waals surface area contributed by atoms with Gasteiger partial charge >= 0.3 is 0 Å². The highest BCUT2D eigenvalue weighted by atomic mass is 32.2. The Morgan fingerprint density at radius 1 is 1.14 bits per heavy atom. The molecule has 148 valence electrons. The highest BCUT2D eigenvalue weighted by Crippen LogP contribution is 2.28. The van der Waals surface area contributed by atoms with Gasteiger partial charge in [-0.15, -0.1) is 0 Å². The van der Waals surface area contributed by atoms with Gasteiger partial charge in [-0.3, -0.25) is 4.79 Å². The molecular weight excluding hydrogens is 383 g/mol. The summed E-state index contributed by atoms with van der Waals surface area (Å²) in [5, 5.41) is 3.18. The molecule has 0 bridgehead atoms. The average molecular weight is 404 g/mol. The van der Waals surface area contributed by atoms with Crippen LogP contribution < -0.4 is 5.32 Å². The van der Waals surface area contributed by atoms with Crippen LogP contribution in [0.25, 0.3) is 11.0 Å². The molecule has 28 heavy (non-hydrogen) atoms. The molecule has 0 saturated heterocycles. The first-order valence-corrected chi connectivity index (χ1v) is 10.1. The molecule has 0 radical (unpaired) electrons. The van der Waals surface area contributed by atoms with Crippen molar-refractivity contribution in [3.8, 4) is 0 Å². The van der Waals surface area contributed by atoms with Crippen LogP contribution in [0.1, 0.15) is 30.0 Å². The number of hydrogen-bond acceptors (Lipinski definition) is 4. The molecule has 0 unspecified atom stereocenters. The fourth-order valence-electron chi connectivity index (χ4n) is 2.77. The first kappa shape index (κ1) is 20.0. The Hall–Kier alpha value is -2.71. The van der Waals surface area contributed by atoms with E-state index >= 15 is 0 Å². The number of aryl methyl sites for hydroxylation is 1. The monoisotopic (exact) mass is 404 g/mol. The number of nitrogens with zero attached hydrogens (tertiary/aromatic N) is 1. The number of benzene rings is 2. The van der Waals surface area contributed by atoms with Gasteiger partial charge in [-0.05, 0) is 51.1 Å². The van der Waals surface area contributed by atoms with Crippen molar-refractivity contribution in [3.05, 3.63) is 59.6 Å². The number of nitrogens with one attached hydrogen (secondary N) is 1. The lowest BCUT2D eigenvalue weighted by Gasteiger charge is -2.21. The van der Waals surface area contributed by atoms with E-state index in [-0.39, 0.29) is 22.3 Å². The number of sulfonamides is 1. The molecule has 1 aromatic heterocycles. The molecule has 0 spiro atoms. The highest BCUT2D eigenvalue weighted by molar-refractivity contribution is 7.89. The Bertz CT molecular complexity index is 1130. The Morgan fingerprint density at radius 3 is 2.36 bits per heavy atom. The van der Waals surface area contributed by atoms with Crippen molar-refractivity contribution in [1.82, 2.24) is 4.31 Å². The van der Waals surface area contributed by atoms with Crippen molar-refractivity contribution in [2.24, 2.45) is 0 Å². The second kappa shape index (κ2) is 7.37. The normalized spacial score (nSPS) is 12.1. The summed E-state index contributed by atoms with van der Waals surface area (Å²) in [7, 11) is -2.09. The third-order valence-corrected chi connectivity index (χ3v) is 6.69. The van der Waals surface area contributed by atoms with E-state index in [2.05, 4.69) is 5.32 Å². The summed E-state index contributed by atoms with van der Waals surface area (Å²) >= 11 is 0. The Morgan fingerprint density at radius 2 is 1.79 bits per heavy atom. The number of furan rings is 1. The highest BCUT2D eigenvalue weighted by Gasteiger charge is 2.23. The first-order valence-electron chi connectivity index (χ1n) is 8.70. The fourth-order valence-corrected chi connectivity index (χ4v) is 4.13. The van der Waals surface area contributed by atoms with Crippen LogP contribution in [0.3, 0.4) is 0 Å². The second-order valence-corrected chi connectivity index (χ2v) is 8.76. The smallest absolute Gasteiger partial charge is 0.291 e. The van der Waals surface area contributed by atoms with Crippen LogP contribution in [0.4, 0.5) is 10.1 Å². The number of amides is 1. The zero-order valence-electron chi connectivity index (χ0n) is 16.0. The SMILES string of the molecule is Cc1c(C(=O)Nc2ccc(S(=O)(=O)N(C)C(C)C)cc2)oc2c(F)cccc12. The van der Waals surface area contributed by atoms with Gasteiger partial charge in [-0.1, -0.05) is 12.1 Å². The van der Waals surface area contributed by atoms with Gasteiger partial charge < -0.3 is 9.73 Å². The van der Waals surface area contributed by atoms with Gasteiger partial charge in [0.25, 0.3) is 5.91 Å². The van der Waals surface area contributed by atoms with Crippen molar-refractivity contribution >= 4 is 32.6 Å². The predicted octanol–water partition coefficient (Wildman–Crippen LogP) is 4.16. The molecule has 2 aromatic carbocycles. The summed E-state index contributed by atoms with van der Waals surface area (Å²) in [4.78, 5) is 12.7. The second-order valence-electron chi connectivity index (χ2n) is 6.77. The van der Waals surface area contributed by atoms with Crippen LogP contribution in [-0.4, -0.2) is 31.7 Å². The summed E-state index contributed by atoms with van der Waals surface area (Å²) in [6.07, 6.45) is 0. The minimum atomic E-state index is -3.60. The Labute approximate surface area is 163 Å². The average Bonchev–Trinajstić information content (AvgIpc) is 3.00. The largest absolute Gasteiger partial charge is 0.448 e. The first-order chi connectivity index (χ1) is 13.1. The molecule has 0 aliphatic carbocycles. The van der Waals surface area contributed by atoms with Gasteiger partial charge in [-0.2, -0.15) is 4.31 Å². The van der Waals surface area contributed by atoms with Crippen molar-refractivity contribution in [1.29, 1.82) is 0 Å². The van der Waals surface area contributed by atoms with Gasteiger partial charge in [0.2, 0.25) is 10.0 Å². The van der Waals surface area contributed by atoms with Crippen LogP contribution in [0.15, 0.2) is 51.8 Å². The van der Waals surface area contributed by atoms with Crippen molar-refractivity contribution in [2.75, 3.05) is 12.4 Å². The molecular formula is C20H21FN2O4S. The molecule has 8 heteroatoms. The van der Waals surface area contributed by atoms with Gasteiger partial charge in [-0.25, -0.2) is 12.8 Å². The molecule has 3 rings (SSSR count). The molecule has 3 aromatic rings. The summed E-state index contributed by atoms with van der Waals surface area (Å²) in [5.74, 6) is -1.07. The quantitative estimate of drug-likeness (QED) is 0.692. The van der Waals surface area contributed by atoms with E-state index in [1.165, 1.54) is 41.7 Å². The predicted molar refractivity (Wildman–Crippen MR) is 105 cm³/mol. The minimum absolute atomic E-state index is 0.0105. The van der Waals surface area contributed by atoms with Gasteiger partial charge in [0.1, 0.15) is 0 Å². The fraction of sp³-hybridized carbons (Fsp3) is 0.250. The van der Waals surface area contributed by atoms with E-state index in [4.69, 9.17) is 4.42 Å². The number of anilines is 1. The Kier molecular flexibility index (Phi) is 5.27. The van der Waals surface area contributed by atoms with E-state index in [0.717, 1.165) is 0 Å². The molecule has 1 N–H and O–H groups in total. The summed E-state index contributed by atoms with van der Waals surface area (Å²) < 4.78 is 45.5. The minimum Gasteiger partial charge on any atom is -0.448 e. The zero-order chi connectivity index (χ0) is 20.6.